The molecule has 16 heavy (non-hydrogen) atoms. The first kappa shape index (κ1) is 14.2. The minimum absolute atomic E-state index is 0. The molecular formula is C12H10Cl2SiZr. The standard InChI is InChI=1S/C12H10Cl2Si.Zr/c13-15(14,11-7-3-1-4-8-11)12-9-5-2-6-10-12;/h1-10H;. The molecule has 0 nitrogen and oxygen atoms in total. The van der Waals surface area contributed by atoms with Crippen LogP contribution < -0.4 is 10.4 Å². The molecule has 2 rings (SSSR count). The molecular weight excluding hydrogens is 334 g/mol. The molecule has 0 bridgehead atoms. The maximum atomic E-state index is 6.49. The maximum Gasteiger partial charge on any atom is 0.310 e. The van der Waals surface area contributed by atoms with E-state index in [2.05, 4.69) is 0 Å². The predicted molar refractivity (Wildman–Crippen MR) is 69.6 cm³/mol. The van der Waals surface area contributed by atoms with Gasteiger partial charge in [0, 0.05) is 26.2 Å². The molecule has 2 aromatic rings. The SMILES string of the molecule is Cl[Si](Cl)(c1ccccc1)c1ccccc1.[Zr]. The molecule has 0 N–H and O–H groups in total. The van der Waals surface area contributed by atoms with E-state index in [9.17, 15) is 0 Å². The van der Waals surface area contributed by atoms with Gasteiger partial charge in [0.05, 0.1) is 0 Å². The molecule has 0 spiro atoms. The first-order valence-corrected chi connectivity index (χ1v) is 8.72. The van der Waals surface area contributed by atoms with Gasteiger partial charge in [-0.05, 0) is 10.4 Å². The Bertz CT molecular complexity index is 390. The largest absolute Gasteiger partial charge is 0.310 e. The summed E-state index contributed by atoms with van der Waals surface area (Å²) in [6.45, 7) is -2.51. The van der Waals surface area contributed by atoms with Gasteiger partial charge in [-0.3, -0.25) is 0 Å². The van der Waals surface area contributed by atoms with Crippen LogP contribution in [0.4, 0.5) is 0 Å². The van der Waals surface area contributed by atoms with Gasteiger partial charge in [-0.1, -0.05) is 60.7 Å². The summed E-state index contributed by atoms with van der Waals surface area (Å²) in [5.74, 6) is 0. The summed E-state index contributed by atoms with van der Waals surface area (Å²) in [6.07, 6.45) is 0. The van der Waals surface area contributed by atoms with Crippen LogP contribution in [-0.2, 0) is 26.2 Å². The Kier molecular flexibility index (Phi) is 5.46. The molecule has 0 atom stereocenters. The summed E-state index contributed by atoms with van der Waals surface area (Å²) in [5, 5.41) is 2.05. The van der Waals surface area contributed by atoms with E-state index in [0.717, 1.165) is 10.4 Å². The van der Waals surface area contributed by atoms with Crippen LogP contribution in [-0.4, -0.2) is 6.69 Å². The number of rotatable bonds is 2. The van der Waals surface area contributed by atoms with Crippen molar-refractivity contribution >= 4 is 39.2 Å². The van der Waals surface area contributed by atoms with Gasteiger partial charge in [0.1, 0.15) is 0 Å². The average molecular weight is 344 g/mol. The Morgan fingerprint density at radius 2 is 0.938 bits per heavy atom. The Morgan fingerprint density at radius 3 is 1.25 bits per heavy atom. The molecule has 0 aromatic heterocycles. The van der Waals surface area contributed by atoms with Gasteiger partial charge in [-0.15, -0.1) is 22.2 Å². The molecule has 2 aromatic carbocycles. The van der Waals surface area contributed by atoms with Crippen molar-refractivity contribution in [2.45, 2.75) is 0 Å². The molecule has 80 valence electrons. The van der Waals surface area contributed by atoms with Gasteiger partial charge in [-0.2, -0.15) is 0 Å². The van der Waals surface area contributed by atoms with E-state index in [0.29, 0.717) is 0 Å². The zero-order valence-corrected chi connectivity index (χ0v) is 13.5. The molecule has 0 aliphatic carbocycles. The summed E-state index contributed by atoms with van der Waals surface area (Å²) in [4.78, 5) is 0. The molecule has 0 aliphatic heterocycles. The molecule has 0 amide bonds. The van der Waals surface area contributed by atoms with E-state index in [1.165, 1.54) is 0 Å². The van der Waals surface area contributed by atoms with E-state index in [1.54, 1.807) is 0 Å². The first-order valence-electron chi connectivity index (χ1n) is 4.70. The predicted octanol–water partition coefficient (Wildman–Crippen LogP) is 2.72. The monoisotopic (exact) mass is 342 g/mol. The fourth-order valence-electron chi connectivity index (χ4n) is 1.46. The third-order valence-corrected chi connectivity index (χ3v) is 7.01. The summed E-state index contributed by atoms with van der Waals surface area (Å²) < 4.78 is 0. The van der Waals surface area contributed by atoms with Crippen LogP contribution >= 0.6 is 22.2 Å². The molecule has 0 saturated carbocycles. The topological polar surface area (TPSA) is 0 Å². The smallest absolute Gasteiger partial charge is 0.134 e. The second-order valence-electron chi connectivity index (χ2n) is 3.31. The molecule has 0 saturated heterocycles. The molecule has 0 aliphatic rings. The Labute approximate surface area is 125 Å². The minimum Gasteiger partial charge on any atom is -0.134 e. The van der Waals surface area contributed by atoms with E-state index in [1.807, 2.05) is 60.7 Å². The quantitative estimate of drug-likeness (QED) is 0.580. The fourth-order valence-corrected chi connectivity index (χ4v) is 4.53. The molecule has 4 heteroatoms. The van der Waals surface area contributed by atoms with E-state index >= 15 is 0 Å². The van der Waals surface area contributed by atoms with E-state index < -0.39 is 6.69 Å². The number of halogens is 2. The van der Waals surface area contributed by atoms with Crippen LogP contribution in [0.15, 0.2) is 60.7 Å². The van der Waals surface area contributed by atoms with Crippen LogP contribution in [0.25, 0.3) is 0 Å². The Morgan fingerprint density at radius 1 is 0.625 bits per heavy atom. The van der Waals surface area contributed by atoms with Crippen LogP contribution in [0.1, 0.15) is 0 Å². The van der Waals surface area contributed by atoms with Crippen LogP contribution in [0.2, 0.25) is 0 Å². The molecule has 0 fully saturated rings. The van der Waals surface area contributed by atoms with Crippen molar-refractivity contribution in [3.8, 4) is 0 Å². The van der Waals surface area contributed by atoms with Gasteiger partial charge in [-0.25, -0.2) is 0 Å². The molecule has 0 radical (unpaired) electrons. The zero-order chi connectivity index (χ0) is 10.7. The minimum atomic E-state index is -2.51. The van der Waals surface area contributed by atoms with Crippen molar-refractivity contribution < 1.29 is 26.2 Å². The average Bonchev–Trinajstić information content (AvgIpc) is 2.31. The van der Waals surface area contributed by atoms with E-state index in [-0.39, 0.29) is 26.2 Å². The second-order valence-corrected chi connectivity index (χ2v) is 9.59. The Hall–Kier alpha value is 0.120. The van der Waals surface area contributed by atoms with Crippen molar-refractivity contribution in [1.29, 1.82) is 0 Å². The van der Waals surface area contributed by atoms with Crippen molar-refractivity contribution in [2.24, 2.45) is 0 Å². The summed E-state index contributed by atoms with van der Waals surface area (Å²) >= 11 is 13.0. The van der Waals surface area contributed by atoms with Crippen LogP contribution in [0.3, 0.4) is 0 Å². The number of benzene rings is 2. The van der Waals surface area contributed by atoms with Gasteiger partial charge < -0.3 is 0 Å². The first-order chi connectivity index (χ1) is 7.21. The third-order valence-electron chi connectivity index (χ3n) is 2.27. The van der Waals surface area contributed by atoms with Crippen molar-refractivity contribution in [1.82, 2.24) is 0 Å². The van der Waals surface area contributed by atoms with Crippen LogP contribution in [0.5, 0.6) is 0 Å². The summed E-state index contributed by atoms with van der Waals surface area (Å²) in [5.41, 5.74) is 0. The molecule has 0 unspecified atom stereocenters. The van der Waals surface area contributed by atoms with Gasteiger partial charge in [0.2, 0.25) is 0 Å². The molecule has 0 heterocycles. The zero-order valence-electron chi connectivity index (χ0n) is 8.53. The van der Waals surface area contributed by atoms with Gasteiger partial charge >= 0.3 is 6.69 Å². The normalized spacial score (nSPS) is 10.6. The van der Waals surface area contributed by atoms with Crippen molar-refractivity contribution in [3.05, 3.63) is 60.7 Å². The van der Waals surface area contributed by atoms with E-state index in [4.69, 9.17) is 22.2 Å². The second kappa shape index (κ2) is 6.16. The summed E-state index contributed by atoms with van der Waals surface area (Å²) in [6, 6.07) is 19.7. The van der Waals surface area contributed by atoms with Gasteiger partial charge in [0.15, 0.2) is 0 Å². The number of hydrogen-bond donors (Lipinski definition) is 0. The van der Waals surface area contributed by atoms with Crippen molar-refractivity contribution in [3.63, 3.8) is 0 Å². The van der Waals surface area contributed by atoms with Crippen molar-refractivity contribution in [2.75, 3.05) is 0 Å². The maximum absolute atomic E-state index is 6.49. The number of hydrogen-bond acceptors (Lipinski definition) is 0. The van der Waals surface area contributed by atoms with Crippen LogP contribution in [0, 0.1) is 0 Å². The summed E-state index contributed by atoms with van der Waals surface area (Å²) in [7, 11) is 0. The van der Waals surface area contributed by atoms with Gasteiger partial charge in [0.25, 0.3) is 0 Å². The Balaban J connectivity index is 0.00000128. The fraction of sp³-hybridized carbons (Fsp3) is 0. The third kappa shape index (κ3) is 3.07.